The number of carbonyl (C=O) groups is 1. The van der Waals surface area contributed by atoms with Crippen molar-refractivity contribution >= 4 is 39.2 Å². The van der Waals surface area contributed by atoms with Gasteiger partial charge in [0.05, 0.1) is 12.7 Å². The minimum Gasteiger partial charge on any atom is -0.465 e. The van der Waals surface area contributed by atoms with E-state index in [9.17, 15) is 4.79 Å². The molecule has 0 aliphatic rings. The highest BCUT2D eigenvalue weighted by atomic mass is 79.9. The fourth-order valence-corrected chi connectivity index (χ4v) is 2.44. The van der Waals surface area contributed by atoms with Crippen molar-refractivity contribution in [3.63, 3.8) is 0 Å². The second-order valence-electron chi connectivity index (χ2n) is 4.16. The maximum atomic E-state index is 11.4. The fourth-order valence-electron chi connectivity index (χ4n) is 1.73. The van der Waals surface area contributed by atoms with Crippen molar-refractivity contribution in [3.8, 4) is 0 Å². The van der Waals surface area contributed by atoms with Crippen molar-refractivity contribution in [2.75, 3.05) is 12.4 Å². The molecule has 0 spiro atoms. The number of carbonyl (C=O) groups excluding carboxylic acids is 1. The van der Waals surface area contributed by atoms with Crippen LogP contribution in [0.1, 0.15) is 15.9 Å². The van der Waals surface area contributed by atoms with E-state index in [1.54, 1.807) is 12.1 Å². The van der Waals surface area contributed by atoms with E-state index >= 15 is 0 Å². The van der Waals surface area contributed by atoms with E-state index in [1.165, 1.54) is 7.11 Å². The van der Waals surface area contributed by atoms with Crippen molar-refractivity contribution in [1.29, 1.82) is 0 Å². The largest absolute Gasteiger partial charge is 0.465 e. The molecular weight excluding hydrogens is 342 g/mol. The zero-order valence-corrected chi connectivity index (χ0v) is 13.2. The lowest BCUT2D eigenvalue weighted by Gasteiger charge is -2.09. The number of hydrogen-bond acceptors (Lipinski definition) is 3. The first-order valence-corrected chi connectivity index (χ1v) is 7.13. The summed E-state index contributed by atoms with van der Waals surface area (Å²) in [6.45, 7) is 0.627. The molecule has 20 heavy (non-hydrogen) atoms. The Labute approximate surface area is 131 Å². The summed E-state index contributed by atoms with van der Waals surface area (Å²) in [5.41, 5.74) is 2.50. The normalized spacial score (nSPS) is 10.2. The van der Waals surface area contributed by atoms with Gasteiger partial charge in [-0.25, -0.2) is 4.79 Å². The van der Waals surface area contributed by atoms with Gasteiger partial charge >= 0.3 is 5.97 Å². The Kier molecular flexibility index (Phi) is 5.04. The molecule has 0 radical (unpaired) electrons. The van der Waals surface area contributed by atoms with Crippen LogP contribution in [0, 0.1) is 0 Å². The monoisotopic (exact) mass is 353 g/mol. The molecule has 104 valence electrons. The van der Waals surface area contributed by atoms with Gasteiger partial charge in [0.1, 0.15) is 0 Å². The maximum Gasteiger partial charge on any atom is 0.337 e. The molecule has 2 rings (SSSR count). The molecule has 2 aromatic carbocycles. The van der Waals surface area contributed by atoms with Gasteiger partial charge in [-0.15, -0.1) is 0 Å². The molecule has 0 saturated carbocycles. The molecule has 0 aliphatic heterocycles. The zero-order valence-electron chi connectivity index (χ0n) is 10.8. The van der Waals surface area contributed by atoms with Crippen LogP contribution in [0.5, 0.6) is 0 Å². The van der Waals surface area contributed by atoms with Crippen molar-refractivity contribution in [3.05, 3.63) is 63.1 Å². The number of hydrogen-bond donors (Lipinski definition) is 1. The lowest BCUT2D eigenvalue weighted by atomic mass is 10.1. The van der Waals surface area contributed by atoms with E-state index in [4.69, 9.17) is 11.6 Å². The minimum absolute atomic E-state index is 0.347. The van der Waals surface area contributed by atoms with Crippen LogP contribution in [0.25, 0.3) is 0 Å². The fraction of sp³-hybridized carbons (Fsp3) is 0.133. The average Bonchev–Trinajstić information content (AvgIpc) is 2.45. The van der Waals surface area contributed by atoms with E-state index in [2.05, 4.69) is 26.0 Å². The van der Waals surface area contributed by atoms with Crippen LogP contribution in [0.2, 0.25) is 5.02 Å². The Hall–Kier alpha value is -1.52. The number of esters is 1. The Balaban J connectivity index is 2.08. The van der Waals surface area contributed by atoms with Gasteiger partial charge < -0.3 is 10.1 Å². The first-order chi connectivity index (χ1) is 9.60. The van der Waals surface area contributed by atoms with Crippen molar-refractivity contribution in [1.82, 2.24) is 0 Å². The van der Waals surface area contributed by atoms with E-state index in [0.717, 1.165) is 15.7 Å². The van der Waals surface area contributed by atoms with Crippen molar-refractivity contribution in [2.45, 2.75) is 6.54 Å². The molecule has 0 saturated heterocycles. The minimum atomic E-state index is -0.347. The predicted octanol–water partition coefficient (Wildman–Crippen LogP) is 4.50. The van der Waals surface area contributed by atoms with Gasteiger partial charge in [0.2, 0.25) is 0 Å². The molecule has 2 aromatic rings. The summed E-state index contributed by atoms with van der Waals surface area (Å²) in [6.07, 6.45) is 0. The Morgan fingerprint density at radius 3 is 2.75 bits per heavy atom. The Bertz CT molecular complexity index is 631. The summed E-state index contributed by atoms with van der Waals surface area (Å²) in [4.78, 5) is 11.4. The number of nitrogens with one attached hydrogen (secondary N) is 1. The van der Waals surface area contributed by atoms with E-state index in [1.807, 2.05) is 30.3 Å². The summed E-state index contributed by atoms with van der Waals surface area (Å²) < 4.78 is 5.54. The Morgan fingerprint density at radius 2 is 2.10 bits per heavy atom. The van der Waals surface area contributed by atoms with Crippen LogP contribution in [0.4, 0.5) is 5.69 Å². The van der Waals surface area contributed by atoms with Crippen LogP contribution in [0.15, 0.2) is 46.9 Å². The summed E-state index contributed by atoms with van der Waals surface area (Å²) in [5, 5.41) is 3.96. The van der Waals surface area contributed by atoms with Gasteiger partial charge in [0, 0.05) is 21.7 Å². The second-order valence-corrected chi connectivity index (χ2v) is 5.45. The summed E-state index contributed by atoms with van der Waals surface area (Å²) in [6, 6.07) is 12.9. The third kappa shape index (κ3) is 3.74. The van der Waals surface area contributed by atoms with Crippen molar-refractivity contribution < 1.29 is 9.53 Å². The van der Waals surface area contributed by atoms with Crippen LogP contribution in [-0.4, -0.2) is 13.1 Å². The van der Waals surface area contributed by atoms with Gasteiger partial charge in [0.15, 0.2) is 0 Å². The molecule has 1 N–H and O–H groups in total. The van der Waals surface area contributed by atoms with Crippen LogP contribution in [-0.2, 0) is 11.3 Å². The number of anilines is 1. The molecule has 0 aliphatic carbocycles. The van der Waals surface area contributed by atoms with Gasteiger partial charge in [-0.05, 0) is 35.9 Å². The summed E-state index contributed by atoms with van der Waals surface area (Å²) in [5.74, 6) is -0.347. The number of ether oxygens (including phenoxy) is 1. The number of rotatable bonds is 4. The number of halogens is 2. The van der Waals surface area contributed by atoms with E-state index in [0.29, 0.717) is 17.1 Å². The molecule has 0 aromatic heterocycles. The molecule has 0 amide bonds. The lowest BCUT2D eigenvalue weighted by molar-refractivity contribution is 0.0600. The molecule has 0 bridgehead atoms. The predicted molar refractivity (Wildman–Crippen MR) is 84.3 cm³/mol. The highest BCUT2D eigenvalue weighted by Gasteiger charge is 2.08. The Morgan fingerprint density at radius 1 is 1.30 bits per heavy atom. The molecule has 0 fully saturated rings. The molecule has 5 heteroatoms. The van der Waals surface area contributed by atoms with Gasteiger partial charge in [0.25, 0.3) is 0 Å². The first-order valence-electron chi connectivity index (χ1n) is 5.96. The topological polar surface area (TPSA) is 38.3 Å². The SMILES string of the molecule is COC(=O)c1ccc(CNc2cccc(Cl)c2)c(Br)c1. The van der Waals surface area contributed by atoms with Gasteiger partial charge in [-0.2, -0.15) is 0 Å². The third-order valence-electron chi connectivity index (χ3n) is 2.78. The molecule has 3 nitrogen and oxygen atoms in total. The highest BCUT2D eigenvalue weighted by Crippen LogP contribution is 2.21. The molecule has 0 unspecified atom stereocenters. The van der Waals surface area contributed by atoms with Crippen LogP contribution < -0.4 is 5.32 Å². The molecular formula is C15H13BrClNO2. The van der Waals surface area contributed by atoms with Crippen LogP contribution >= 0.6 is 27.5 Å². The quantitative estimate of drug-likeness (QED) is 0.822. The van der Waals surface area contributed by atoms with Crippen molar-refractivity contribution in [2.24, 2.45) is 0 Å². The lowest BCUT2D eigenvalue weighted by Crippen LogP contribution is -2.04. The van der Waals surface area contributed by atoms with Crippen LogP contribution in [0.3, 0.4) is 0 Å². The highest BCUT2D eigenvalue weighted by molar-refractivity contribution is 9.10. The third-order valence-corrected chi connectivity index (χ3v) is 3.76. The molecule has 0 atom stereocenters. The van der Waals surface area contributed by atoms with Gasteiger partial charge in [-0.3, -0.25) is 0 Å². The number of benzene rings is 2. The van der Waals surface area contributed by atoms with E-state index < -0.39 is 0 Å². The number of methoxy groups -OCH3 is 1. The summed E-state index contributed by atoms with van der Waals surface area (Å²) in [7, 11) is 1.37. The smallest absolute Gasteiger partial charge is 0.337 e. The van der Waals surface area contributed by atoms with E-state index in [-0.39, 0.29) is 5.97 Å². The summed E-state index contributed by atoms with van der Waals surface area (Å²) >= 11 is 9.39. The molecule has 0 heterocycles. The first kappa shape index (κ1) is 14.9. The average molecular weight is 355 g/mol. The zero-order chi connectivity index (χ0) is 14.5. The second kappa shape index (κ2) is 6.77. The maximum absolute atomic E-state index is 11.4. The van der Waals surface area contributed by atoms with Gasteiger partial charge in [-0.1, -0.05) is 39.7 Å². The standard InChI is InChI=1S/C15H13BrClNO2/c1-20-15(19)10-5-6-11(14(16)7-10)9-18-13-4-2-3-12(17)8-13/h2-8,18H,9H2,1H3.